The predicted octanol–water partition coefficient (Wildman–Crippen LogP) is 3.96. The van der Waals surface area contributed by atoms with E-state index >= 15 is 0 Å². The van der Waals surface area contributed by atoms with E-state index in [9.17, 15) is 9.59 Å². The molecule has 1 aliphatic rings. The molecule has 1 saturated carbocycles. The van der Waals surface area contributed by atoms with Gasteiger partial charge >= 0.3 is 0 Å². The normalized spacial score (nSPS) is 19.6. The summed E-state index contributed by atoms with van der Waals surface area (Å²) in [6.45, 7) is 0. The Morgan fingerprint density at radius 3 is 1.46 bits per heavy atom. The van der Waals surface area contributed by atoms with Crippen LogP contribution in [-0.2, 0) is 9.59 Å². The molecule has 0 aliphatic heterocycles. The quantitative estimate of drug-likeness (QED) is 0.752. The molecule has 1 unspecified atom stereocenters. The third-order valence-electron chi connectivity index (χ3n) is 4.87. The first-order valence-corrected chi connectivity index (χ1v) is 9.78. The Morgan fingerprint density at radius 1 is 0.679 bits per heavy atom. The smallest absolute Gasteiger partial charge is 0.244 e. The molecule has 4 nitrogen and oxygen atoms in total. The van der Waals surface area contributed by atoms with Crippen molar-refractivity contribution in [2.45, 2.75) is 37.8 Å². The molecule has 0 aromatic heterocycles. The van der Waals surface area contributed by atoms with Gasteiger partial charge in [0.1, 0.15) is 0 Å². The van der Waals surface area contributed by atoms with Gasteiger partial charge in [-0.05, 0) is 36.1 Å². The minimum atomic E-state index is -0.130. The fourth-order valence-corrected chi connectivity index (χ4v) is 3.41. The van der Waals surface area contributed by atoms with Gasteiger partial charge in [-0.3, -0.25) is 9.59 Å². The third-order valence-corrected chi connectivity index (χ3v) is 4.87. The molecule has 0 heterocycles. The van der Waals surface area contributed by atoms with Gasteiger partial charge in [0.2, 0.25) is 11.8 Å². The van der Waals surface area contributed by atoms with E-state index in [0.29, 0.717) is 0 Å². The van der Waals surface area contributed by atoms with E-state index in [0.717, 1.165) is 36.8 Å². The van der Waals surface area contributed by atoms with Gasteiger partial charge in [0, 0.05) is 24.2 Å². The third kappa shape index (κ3) is 6.23. The molecule has 0 bridgehead atoms. The van der Waals surface area contributed by atoms with Crippen molar-refractivity contribution in [1.82, 2.24) is 10.6 Å². The van der Waals surface area contributed by atoms with E-state index in [1.807, 2.05) is 60.7 Å². The lowest BCUT2D eigenvalue weighted by molar-refractivity contribution is -0.120. The number of carbonyl (C=O) groups excluding carboxylic acids is 2. The van der Waals surface area contributed by atoms with Gasteiger partial charge in [0.15, 0.2) is 0 Å². The second kappa shape index (κ2) is 10.3. The highest BCUT2D eigenvalue weighted by Gasteiger charge is 2.26. The first-order chi connectivity index (χ1) is 13.7. The Hall–Kier alpha value is -3.14. The second-order valence-electron chi connectivity index (χ2n) is 7.00. The van der Waals surface area contributed by atoms with Crippen molar-refractivity contribution in [2.75, 3.05) is 0 Å². The first kappa shape index (κ1) is 19.6. The monoisotopic (exact) mass is 374 g/mol. The molecular formula is C24H26N2O2. The highest BCUT2D eigenvalue weighted by Crippen LogP contribution is 2.19. The molecule has 28 heavy (non-hydrogen) atoms. The van der Waals surface area contributed by atoms with E-state index < -0.39 is 0 Å². The molecule has 4 heteroatoms. The number of carbonyl (C=O) groups is 2. The molecule has 2 aromatic carbocycles. The highest BCUT2D eigenvalue weighted by molar-refractivity contribution is 5.93. The minimum absolute atomic E-state index is 0.0456. The topological polar surface area (TPSA) is 58.2 Å². The lowest BCUT2D eigenvalue weighted by Gasteiger charge is -2.32. The molecule has 1 fully saturated rings. The Kier molecular flexibility index (Phi) is 7.19. The Labute approximate surface area is 166 Å². The zero-order valence-corrected chi connectivity index (χ0v) is 15.9. The molecule has 2 N–H and O–H groups in total. The largest absolute Gasteiger partial charge is 0.348 e. The Bertz CT molecular complexity index is 757. The van der Waals surface area contributed by atoms with Crippen LogP contribution in [0, 0.1) is 0 Å². The van der Waals surface area contributed by atoms with Crippen molar-refractivity contribution in [3.63, 3.8) is 0 Å². The van der Waals surface area contributed by atoms with Crippen LogP contribution in [0.15, 0.2) is 72.8 Å². The molecule has 0 spiro atoms. The van der Waals surface area contributed by atoms with Gasteiger partial charge in [-0.2, -0.15) is 0 Å². The highest BCUT2D eigenvalue weighted by atomic mass is 16.2. The van der Waals surface area contributed by atoms with Crippen LogP contribution in [0.4, 0.5) is 0 Å². The van der Waals surface area contributed by atoms with Crippen molar-refractivity contribution < 1.29 is 9.59 Å². The van der Waals surface area contributed by atoms with Crippen LogP contribution in [0.25, 0.3) is 12.2 Å². The number of rotatable bonds is 6. The number of nitrogens with one attached hydrogen (secondary N) is 2. The van der Waals surface area contributed by atoms with E-state index in [4.69, 9.17) is 0 Å². The number of benzene rings is 2. The Balaban J connectivity index is 1.54. The lowest BCUT2D eigenvalue weighted by atomic mass is 9.90. The van der Waals surface area contributed by atoms with Crippen LogP contribution in [0.3, 0.4) is 0 Å². The summed E-state index contributed by atoms with van der Waals surface area (Å²) in [6.07, 6.45) is 10.6. The average Bonchev–Trinajstić information content (AvgIpc) is 2.74. The van der Waals surface area contributed by atoms with E-state index in [-0.39, 0.29) is 23.9 Å². The zero-order chi connectivity index (χ0) is 19.6. The fourth-order valence-electron chi connectivity index (χ4n) is 3.41. The number of amides is 2. The van der Waals surface area contributed by atoms with Crippen LogP contribution in [-0.4, -0.2) is 23.9 Å². The maximum Gasteiger partial charge on any atom is 0.244 e. The van der Waals surface area contributed by atoms with E-state index in [1.54, 1.807) is 24.3 Å². The van der Waals surface area contributed by atoms with Gasteiger partial charge in [-0.1, -0.05) is 73.5 Å². The van der Waals surface area contributed by atoms with Gasteiger partial charge in [0.05, 0.1) is 0 Å². The van der Waals surface area contributed by atoms with Gasteiger partial charge in [-0.25, -0.2) is 0 Å². The van der Waals surface area contributed by atoms with Crippen LogP contribution >= 0.6 is 0 Å². The van der Waals surface area contributed by atoms with E-state index in [1.165, 1.54) is 0 Å². The maximum atomic E-state index is 12.3. The van der Waals surface area contributed by atoms with Crippen molar-refractivity contribution >= 4 is 24.0 Å². The summed E-state index contributed by atoms with van der Waals surface area (Å²) in [7, 11) is 0. The van der Waals surface area contributed by atoms with Crippen LogP contribution in [0.2, 0.25) is 0 Å². The number of hydrogen-bond donors (Lipinski definition) is 2. The van der Waals surface area contributed by atoms with Gasteiger partial charge in [0.25, 0.3) is 0 Å². The van der Waals surface area contributed by atoms with Crippen molar-refractivity contribution in [1.29, 1.82) is 0 Å². The molecule has 2 aromatic rings. The van der Waals surface area contributed by atoms with Crippen LogP contribution in [0.5, 0.6) is 0 Å². The molecule has 2 amide bonds. The summed E-state index contributed by atoms with van der Waals surface area (Å²) in [4.78, 5) is 24.6. The van der Waals surface area contributed by atoms with Crippen molar-refractivity contribution in [2.24, 2.45) is 0 Å². The number of hydrogen-bond acceptors (Lipinski definition) is 2. The fraction of sp³-hybridized carbons (Fsp3) is 0.250. The molecule has 0 radical (unpaired) electrons. The predicted molar refractivity (Wildman–Crippen MR) is 113 cm³/mol. The van der Waals surface area contributed by atoms with Crippen molar-refractivity contribution in [3.05, 3.63) is 83.9 Å². The zero-order valence-electron chi connectivity index (χ0n) is 15.9. The summed E-state index contributed by atoms with van der Waals surface area (Å²) in [5.41, 5.74) is 1.97. The minimum Gasteiger partial charge on any atom is -0.348 e. The Morgan fingerprint density at radius 2 is 1.07 bits per heavy atom. The molecule has 144 valence electrons. The second-order valence-corrected chi connectivity index (χ2v) is 7.00. The SMILES string of the molecule is O=C(C=Cc1ccccc1)NC1CCCC[C@@H]1NC(=O)C=Cc1ccccc1. The lowest BCUT2D eigenvalue weighted by Crippen LogP contribution is -2.52. The van der Waals surface area contributed by atoms with Crippen LogP contribution < -0.4 is 10.6 Å². The maximum absolute atomic E-state index is 12.3. The summed E-state index contributed by atoms with van der Waals surface area (Å²) >= 11 is 0. The molecule has 3 rings (SSSR count). The molecule has 2 atom stereocenters. The molecule has 0 saturated heterocycles. The van der Waals surface area contributed by atoms with Crippen LogP contribution in [0.1, 0.15) is 36.8 Å². The molecule has 1 aliphatic carbocycles. The summed E-state index contributed by atoms with van der Waals surface area (Å²) < 4.78 is 0. The summed E-state index contributed by atoms with van der Waals surface area (Å²) in [5.74, 6) is -0.260. The van der Waals surface area contributed by atoms with Gasteiger partial charge in [-0.15, -0.1) is 0 Å². The van der Waals surface area contributed by atoms with Crippen molar-refractivity contribution in [3.8, 4) is 0 Å². The molecular weight excluding hydrogens is 348 g/mol. The summed E-state index contributed by atoms with van der Waals surface area (Å²) in [5, 5.41) is 6.11. The van der Waals surface area contributed by atoms with Gasteiger partial charge < -0.3 is 10.6 Å². The summed E-state index contributed by atoms with van der Waals surface area (Å²) in [6, 6.07) is 19.4. The average molecular weight is 374 g/mol. The van der Waals surface area contributed by atoms with E-state index in [2.05, 4.69) is 10.6 Å². The standard InChI is InChI=1S/C24H26N2O2/c27-23(17-15-19-9-3-1-4-10-19)25-21-13-7-8-14-22(21)26-24(28)18-16-20-11-5-2-6-12-20/h1-6,9-12,15-18,21-22H,7-8,13-14H2,(H,25,27)(H,26,28)/t21-,22?/m0/s1. The first-order valence-electron chi connectivity index (χ1n) is 9.78.